The van der Waals surface area contributed by atoms with E-state index in [-0.39, 0.29) is 12.6 Å². The van der Waals surface area contributed by atoms with Gasteiger partial charge in [0.15, 0.2) is 0 Å². The minimum atomic E-state index is -0.893. The molecule has 2 rings (SSSR count). The summed E-state index contributed by atoms with van der Waals surface area (Å²) >= 11 is 6.07. The number of nitrogens with zero attached hydrogens (tertiary/aromatic N) is 3. The Morgan fingerprint density at radius 1 is 1.60 bits per heavy atom. The molecule has 0 spiro atoms. The molecular formula is C13H18ClN3O3. The van der Waals surface area contributed by atoms with E-state index in [1.807, 2.05) is 6.07 Å². The summed E-state index contributed by atoms with van der Waals surface area (Å²) in [5, 5.41) is 19.5. The molecule has 1 aliphatic rings. The van der Waals surface area contributed by atoms with Crippen molar-refractivity contribution in [1.82, 2.24) is 14.8 Å². The molecule has 20 heavy (non-hydrogen) atoms. The van der Waals surface area contributed by atoms with Gasteiger partial charge in [0, 0.05) is 38.1 Å². The van der Waals surface area contributed by atoms with Crippen molar-refractivity contribution >= 4 is 17.6 Å². The maximum atomic E-state index is 10.7. The highest BCUT2D eigenvalue weighted by molar-refractivity contribution is 6.31. The van der Waals surface area contributed by atoms with Gasteiger partial charge < -0.3 is 10.2 Å². The summed E-state index contributed by atoms with van der Waals surface area (Å²) in [6.07, 6.45) is 2.72. The number of rotatable bonds is 5. The number of carboxylic acids is 1. The standard InChI is InChI=1S/C13H18ClN3O3/c1-16(8-13(19)20)11-6-17(7-12(11)18)5-9-2-3-15-4-10(9)14/h2-4,11-12,18H,5-8H2,1H3,(H,19,20)/t11?,12-/m1/s1. The van der Waals surface area contributed by atoms with Crippen molar-refractivity contribution in [2.45, 2.75) is 18.7 Å². The maximum Gasteiger partial charge on any atom is 0.317 e. The predicted molar refractivity (Wildman–Crippen MR) is 74.6 cm³/mol. The number of aliphatic carboxylic acids is 1. The summed E-state index contributed by atoms with van der Waals surface area (Å²) < 4.78 is 0. The Morgan fingerprint density at radius 2 is 2.35 bits per heavy atom. The highest BCUT2D eigenvalue weighted by Gasteiger charge is 2.34. The number of carbonyl (C=O) groups is 1. The Balaban J connectivity index is 1.97. The molecule has 1 unspecified atom stereocenters. The van der Waals surface area contributed by atoms with Gasteiger partial charge in [-0.3, -0.25) is 19.6 Å². The lowest BCUT2D eigenvalue weighted by atomic mass is 10.2. The molecule has 0 aliphatic carbocycles. The molecule has 6 nitrogen and oxygen atoms in total. The van der Waals surface area contributed by atoms with Crippen LogP contribution in [0.3, 0.4) is 0 Å². The number of hydrogen-bond acceptors (Lipinski definition) is 5. The summed E-state index contributed by atoms with van der Waals surface area (Å²) in [4.78, 5) is 18.4. The van der Waals surface area contributed by atoms with E-state index in [9.17, 15) is 9.90 Å². The van der Waals surface area contributed by atoms with E-state index in [1.165, 1.54) is 0 Å². The van der Waals surface area contributed by atoms with Crippen molar-refractivity contribution in [2.75, 3.05) is 26.7 Å². The first-order valence-corrected chi connectivity index (χ1v) is 6.76. The molecule has 2 heterocycles. The lowest BCUT2D eigenvalue weighted by Gasteiger charge is -2.24. The number of aliphatic hydroxyl groups excluding tert-OH is 1. The summed E-state index contributed by atoms with van der Waals surface area (Å²) in [6.45, 7) is 1.66. The van der Waals surface area contributed by atoms with Gasteiger partial charge >= 0.3 is 5.97 Å². The van der Waals surface area contributed by atoms with Crippen molar-refractivity contribution < 1.29 is 15.0 Å². The number of likely N-dealkylation sites (N-methyl/N-ethyl adjacent to an activating group) is 1. The third-order valence-corrected chi connectivity index (χ3v) is 3.88. The third-order valence-electron chi connectivity index (χ3n) is 3.54. The third kappa shape index (κ3) is 3.67. The lowest BCUT2D eigenvalue weighted by Crippen LogP contribution is -2.43. The van der Waals surface area contributed by atoms with Crippen molar-refractivity contribution in [3.05, 3.63) is 29.0 Å². The topological polar surface area (TPSA) is 76.9 Å². The number of carboxylic acid groups (broad SMARTS) is 1. The highest BCUT2D eigenvalue weighted by Crippen LogP contribution is 2.21. The van der Waals surface area contributed by atoms with Gasteiger partial charge in [0.05, 0.1) is 17.7 Å². The first kappa shape index (κ1) is 15.2. The molecule has 1 saturated heterocycles. The Hall–Kier alpha value is -1.21. The molecule has 110 valence electrons. The maximum absolute atomic E-state index is 10.7. The Kier molecular flexibility index (Phi) is 4.93. The van der Waals surface area contributed by atoms with Crippen LogP contribution < -0.4 is 0 Å². The van der Waals surface area contributed by atoms with Gasteiger partial charge in [-0.2, -0.15) is 0 Å². The van der Waals surface area contributed by atoms with Crippen LogP contribution in [0.2, 0.25) is 5.02 Å². The van der Waals surface area contributed by atoms with Crippen LogP contribution in [0.5, 0.6) is 0 Å². The number of aliphatic hydroxyl groups is 1. The van der Waals surface area contributed by atoms with E-state index < -0.39 is 12.1 Å². The van der Waals surface area contributed by atoms with Crippen LogP contribution in [-0.4, -0.2) is 69.8 Å². The summed E-state index contributed by atoms with van der Waals surface area (Å²) in [6, 6.07) is 1.68. The van der Waals surface area contributed by atoms with Gasteiger partial charge in [-0.05, 0) is 18.7 Å². The Morgan fingerprint density at radius 3 is 3.00 bits per heavy atom. The molecule has 0 aromatic carbocycles. The normalized spacial score (nSPS) is 23.4. The highest BCUT2D eigenvalue weighted by atomic mass is 35.5. The quantitative estimate of drug-likeness (QED) is 0.814. The van der Waals surface area contributed by atoms with E-state index in [0.717, 1.165) is 5.56 Å². The fourth-order valence-corrected chi connectivity index (χ4v) is 2.69. The van der Waals surface area contributed by atoms with Crippen molar-refractivity contribution in [2.24, 2.45) is 0 Å². The second kappa shape index (κ2) is 6.49. The van der Waals surface area contributed by atoms with Gasteiger partial charge in [-0.25, -0.2) is 0 Å². The number of β-amino-alcohol motifs (C(OH)–C–C–N with tert-alkyl or cyclic N) is 1. The smallest absolute Gasteiger partial charge is 0.317 e. The minimum Gasteiger partial charge on any atom is -0.480 e. The fourth-order valence-electron chi connectivity index (χ4n) is 2.51. The van der Waals surface area contributed by atoms with Crippen molar-refractivity contribution in [3.8, 4) is 0 Å². The zero-order valence-electron chi connectivity index (χ0n) is 11.2. The fraction of sp³-hybridized carbons (Fsp3) is 0.538. The minimum absolute atomic E-state index is 0.0778. The van der Waals surface area contributed by atoms with Crippen molar-refractivity contribution in [3.63, 3.8) is 0 Å². The second-order valence-corrected chi connectivity index (χ2v) is 5.51. The lowest BCUT2D eigenvalue weighted by molar-refractivity contribution is -0.138. The van der Waals surface area contributed by atoms with Gasteiger partial charge in [0.2, 0.25) is 0 Å². The molecule has 0 saturated carbocycles. The predicted octanol–water partition coefficient (Wildman–Crippen LogP) is 0.296. The Bertz CT molecular complexity index is 486. The molecule has 0 bridgehead atoms. The van der Waals surface area contributed by atoms with Crippen LogP contribution in [0.15, 0.2) is 18.5 Å². The molecule has 1 aromatic rings. The molecule has 1 aliphatic heterocycles. The molecule has 2 N–H and O–H groups in total. The average molecular weight is 300 g/mol. The first-order chi connectivity index (χ1) is 9.47. The number of likely N-dealkylation sites (tertiary alicyclic amines) is 1. The number of hydrogen-bond donors (Lipinski definition) is 2. The van der Waals surface area contributed by atoms with Gasteiger partial charge in [0.25, 0.3) is 0 Å². The van der Waals surface area contributed by atoms with Crippen LogP contribution >= 0.6 is 11.6 Å². The zero-order chi connectivity index (χ0) is 14.7. The van der Waals surface area contributed by atoms with Gasteiger partial charge in [-0.15, -0.1) is 0 Å². The molecule has 0 radical (unpaired) electrons. The summed E-state index contributed by atoms with van der Waals surface area (Å²) in [5.74, 6) is -0.893. The second-order valence-electron chi connectivity index (χ2n) is 5.10. The Labute approximate surface area is 122 Å². The van der Waals surface area contributed by atoms with E-state index >= 15 is 0 Å². The van der Waals surface area contributed by atoms with Gasteiger partial charge in [-0.1, -0.05) is 11.6 Å². The van der Waals surface area contributed by atoms with E-state index in [0.29, 0.717) is 24.7 Å². The molecule has 1 fully saturated rings. The van der Waals surface area contributed by atoms with Crippen LogP contribution in [0.4, 0.5) is 0 Å². The first-order valence-electron chi connectivity index (χ1n) is 6.38. The number of halogens is 1. The van der Waals surface area contributed by atoms with Crippen LogP contribution in [-0.2, 0) is 11.3 Å². The molecular weight excluding hydrogens is 282 g/mol. The SMILES string of the molecule is CN(CC(=O)O)C1CN(Cc2ccncc2Cl)C[C@H]1O. The average Bonchev–Trinajstić information content (AvgIpc) is 2.72. The van der Waals surface area contributed by atoms with Crippen LogP contribution in [0.1, 0.15) is 5.56 Å². The molecule has 1 aromatic heterocycles. The molecule has 0 amide bonds. The van der Waals surface area contributed by atoms with E-state index in [1.54, 1.807) is 24.3 Å². The number of aromatic nitrogens is 1. The van der Waals surface area contributed by atoms with E-state index in [4.69, 9.17) is 16.7 Å². The zero-order valence-corrected chi connectivity index (χ0v) is 12.0. The van der Waals surface area contributed by atoms with E-state index in [2.05, 4.69) is 9.88 Å². The monoisotopic (exact) mass is 299 g/mol. The molecule has 7 heteroatoms. The van der Waals surface area contributed by atoms with Gasteiger partial charge in [0.1, 0.15) is 0 Å². The number of pyridine rings is 1. The van der Waals surface area contributed by atoms with Crippen molar-refractivity contribution in [1.29, 1.82) is 0 Å². The van der Waals surface area contributed by atoms with Crippen LogP contribution in [0.25, 0.3) is 0 Å². The molecule has 2 atom stereocenters. The largest absolute Gasteiger partial charge is 0.480 e. The summed E-state index contributed by atoms with van der Waals surface area (Å²) in [7, 11) is 1.71. The summed E-state index contributed by atoms with van der Waals surface area (Å²) in [5.41, 5.74) is 0.954. The van der Waals surface area contributed by atoms with Crippen LogP contribution in [0, 0.1) is 0 Å².